The summed E-state index contributed by atoms with van der Waals surface area (Å²) >= 11 is 0. The first-order valence-corrected chi connectivity index (χ1v) is 11.6. The van der Waals surface area contributed by atoms with E-state index in [1.807, 2.05) is 20.0 Å². The minimum atomic E-state index is 0.155. The van der Waals surface area contributed by atoms with E-state index < -0.39 is 0 Å². The van der Waals surface area contributed by atoms with E-state index in [9.17, 15) is 0 Å². The molecular formula is C25H39N5O2. The Morgan fingerprint density at radius 3 is 2.53 bits per heavy atom. The van der Waals surface area contributed by atoms with E-state index in [0.29, 0.717) is 6.04 Å². The summed E-state index contributed by atoms with van der Waals surface area (Å²) in [5.74, 6) is 2.75. The lowest BCUT2D eigenvalue weighted by Gasteiger charge is -2.33. The quantitative estimate of drug-likeness (QED) is 0.436. The van der Waals surface area contributed by atoms with Gasteiger partial charge in [0.1, 0.15) is 11.5 Å². The Morgan fingerprint density at radius 2 is 1.88 bits per heavy atom. The number of hydrogen-bond acceptors (Lipinski definition) is 5. The lowest BCUT2D eigenvalue weighted by molar-refractivity contribution is 0.0124. The van der Waals surface area contributed by atoms with Gasteiger partial charge < -0.3 is 19.8 Å². The molecular weight excluding hydrogens is 402 g/mol. The third-order valence-electron chi connectivity index (χ3n) is 6.14. The monoisotopic (exact) mass is 441 g/mol. The second-order valence-electron chi connectivity index (χ2n) is 8.53. The van der Waals surface area contributed by atoms with Gasteiger partial charge in [-0.1, -0.05) is 30.3 Å². The molecule has 3 rings (SSSR count). The van der Waals surface area contributed by atoms with Crippen molar-refractivity contribution in [2.75, 3.05) is 53.5 Å². The number of guanidine groups is 1. The van der Waals surface area contributed by atoms with E-state index in [4.69, 9.17) is 9.15 Å². The van der Waals surface area contributed by atoms with Gasteiger partial charge in [0.25, 0.3) is 0 Å². The molecule has 0 amide bonds. The molecule has 0 spiro atoms. The molecule has 1 aromatic heterocycles. The van der Waals surface area contributed by atoms with Gasteiger partial charge in [0.2, 0.25) is 0 Å². The lowest BCUT2D eigenvalue weighted by atomic mass is 10.1. The second kappa shape index (κ2) is 12.6. The molecule has 32 heavy (non-hydrogen) atoms. The molecule has 2 heterocycles. The number of morpholine rings is 1. The van der Waals surface area contributed by atoms with Crippen molar-refractivity contribution in [2.24, 2.45) is 4.99 Å². The van der Waals surface area contributed by atoms with Crippen molar-refractivity contribution < 1.29 is 9.15 Å². The van der Waals surface area contributed by atoms with Gasteiger partial charge in [-0.15, -0.1) is 0 Å². The Labute approximate surface area is 192 Å². The number of nitrogens with one attached hydrogen (secondary N) is 2. The third-order valence-corrected chi connectivity index (χ3v) is 6.14. The number of benzene rings is 1. The first-order valence-electron chi connectivity index (χ1n) is 11.6. The summed E-state index contributed by atoms with van der Waals surface area (Å²) in [6.45, 7) is 10.1. The smallest absolute Gasteiger partial charge is 0.191 e. The number of aliphatic imine (C=N–C) groups is 1. The SMILES string of the molecule is CN=C(NCCC(C)N(C)Cc1ccccc1)NCC(c1ccc(C)o1)N1CCOCC1. The Morgan fingerprint density at radius 1 is 1.12 bits per heavy atom. The zero-order valence-electron chi connectivity index (χ0n) is 20.0. The average molecular weight is 442 g/mol. The fraction of sp³-hybridized carbons (Fsp3) is 0.560. The van der Waals surface area contributed by atoms with Crippen LogP contribution in [0.25, 0.3) is 0 Å². The van der Waals surface area contributed by atoms with E-state index in [1.165, 1.54) is 5.56 Å². The van der Waals surface area contributed by atoms with E-state index >= 15 is 0 Å². The molecule has 1 saturated heterocycles. The minimum absolute atomic E-state index is 0.155. The van der Waals surface area contributed by atoms with E-state index in [-0.39, 0.29) is 6.04 Å². The minimum Gasteiger partial charge on any atom is -0.465 e. The number of hydrogen-bond donors (Lipinski definition) is 2. The van der Waals surface area contributed by atoms with Crippen LogP contribution in [0.2, 0.25) is 0 Å². The molecule has 0 bridgehead atoms. The van der Waals surface area contributed by atoms with Crippen molar-refractivity contribution in [3.05, 3.63) is 59.5 Å². The van der Waals surface area contributed by atoms with Crippen LogP contribution in [0.15, 0.2) is 51.9 Å². The number of aryl methyl sites for hydroxylation is 1. The van der Waals surface area contributed by atoms with Crippen molar-refractivity contribution in [1.29, 1.82) is 0 Å². The van der Waals surface area contributed by atoms with Crippen LogP contribution in [0.1, 0.15) is 36.5 Å². The van der Waals surface area contributed by atoms with Crippen LogP contribution < -0.4 is 10.6 Å². The Hall–Kier alpha value is -2.35. The fourth-order valence-electron chi connectivity index (χ4n) is 3.99. The van der Waals surface area contributed by atoms with Crippen molar-refractivity contribution >= 4 is 5.96 Å². The zero-order chi connectivity index (χ0) is 22.8. The van der Waals surface area contributed by atoms with Crippen molar-refractivity contribution in [3.63, 3.8) is 0 Å². The van der Waals surface area contributed by atoms with Gasteiger partial charge in [0, 0.05) is 45.8 Å². The van der Waals surface area contributed by atoms with Gasteiger partial charge >= 0.3 is 0 Å². The first-order chi connectivity index (χ1) is 15.6. The highest BCUT2D eigenvalue weighted by Gasteiger charge is 2.25. The van der Waals surface area contributed by atoms with Gasteiger partial charge in [0.15, 0.2) is 5.96 Å². The van der Waals surface area contributed by atoms with Gasteiger partial charge in [0.05, 0.1) is 19.3 Å². The van der Waals surface area contributed by atoms with Crippen LogP contribution in [0.5, 0.6) is 0 Å². The van der Waals surface area contributed by atoms with Crippen LogP contribution in [-0.2, 0) is 11.3 Å². The molecule has 0 saturated carbocycles. The molecule has 0 aliphatic carbocycles. The van der Waals surface area contributed by atoms with Crippen LogP contribution in [-0.4, -0.2) is 75.3 Å². The average Bonchev–Trinajstić information content (AvgIpc) is 3.25. The van der Waals surface area contributed by atoms with E-state index in [1.54, 1.807) is 0 Å². The van der Waals surface area contributed by atoms with E-state index in [0.717, 1.165) is 69.8 Å². The third kappa shape index (κ3) is 7.36. The second-order valence-corrected chi connectivity index (χ2v) is 8.53. The van der Waals surface area contributed by atoms with Crippen molar-refractivity contribution in [3.8, 4) is 0 Å². The van der Waals surface area contributed by atoms with Crippen LogP contribution in [0.3, 0.4) is 0 Å². The van der Waals surface area contributed by atoms with Crippen molar-refractivity contribution in [1.82, 2.24) is 20.4 Å². The normalized spacial score (nSPS) is 17.3. The highest BCUT2D eigenvalue weighted by atomic mass is 16.5. The number of rotatable bonds is 10. The maximum atomic E-state index is 5.96. The number of nitrogens with zero attached hydrogens (tertiary/aromatic N) is 3. The molecule has 1 aliphatic rings. The van der Waals surface area contributed by atoms with Crippen LogP contribution in [0, 0.1) is 6.92 Å². The highest BCUT2D eigenvalue weighted by molar-refractivity contribution is 5.79. The maximum Gasteiger partial charge on any atom is 0.191 e. The zero-order valence-corrected chi connectivity index (χ0v) is 20.0. The lowest BCUT2D eigenvalue weighted by Crippen LogP contribution is -2.46. The predicted molar refractivity (Wildman–Crippen MR) is 130 cm³/mol. The molecule has 0 radical (unpaired) electrons. The topological polar surface area (TPSA) is 65.3 Å². The predicted octanol–water partition coefficient (Wildman–Crippen LogP) is 3.04. The Kier molecular flexibility index (Phi) is 9.59. The summed E-state index contributed by atoms with van der Waals surface area (Å²) in [7, 11) is 4.00. The largest absolute Gasteiger partial charge is 0.465 e. The Bertz CT molecular complexity index is 817. The van der Waals surface area contributed by atoms with E-state index in [2.05, 4.69) is 75.8 Å². The fourth-order valence-corrected chi connectivity index (χ4v) is 3.99. The van der Waals surface area contributed by atoms with Gasteiger partial charge in [-0.2, -0.15) is 0 Å². The molecule has 1 aromatic carbocycles. The highest BCUT2D eigenvalue weighted by Crippen LogP contribution is 2.23. The molecule has 1 fully saturated rings. The van der Waals surface area contributed by atoms with Crippen molar-refractivity contribution in [2.45, 2.75) is 38.9 Å². The molecule has 7 nitrogen and oxygen atoms in total. The summed E-state index contributed by atoms with van der Waals surface area (Å²) in [5, 5.41) is 6.97. The summed E-state index contributed by atoms with van der Waals surface area (Å²) in [6.07, 6.45) is 1.04. The number of ether oxygens (including phenoxy) is 1. The summed E-state index contributed by atoms with van der Waals surface area (Å²) in [4.78, 5) is 9.23. The van der Waals surface area contributed by atoms with Gasteiger partial charge in [-0.25, -0.2) is 0 Å². The molecule has 1 aliphatic heterocycles. The van der Waals surface area contributed by atoms with Gasteiger partial charge in [-0.05, 0) is 45.0 Å². The number of furan rings is 1. The van der Waals surface area contributed by atoms with Crippen LogP contribution in [0.4, 0.5) is 0 Å². The standard InChI is InChI=1S/C25H39N5O2/c1-20(29(4)19-22-8-6-5-7-9-22)12-13-27-25(26-3)28-18-23(24-11-10-21(2)32-24)30-14-16-31-17-15-30/h5-11,20,23H,12-19H2,1-4H3,(H2,26,27,28). The van der Waals surface area contributed by atoms with Gasteiger partial charge in [-0.3, -0.25) is 14.8 Å². The molecule has 2 atom stereocenters. The summed E-state index contributed by atoms with van der Waals surface area (Å²) < 4.78 is 11.5. The first kappa shape index (κ1) is 24.3. The molecule has 7 heteroatoms. The molecule has 2 N–H and O–H groups in total. The molecule has 2 unspecified atom stereocenters. The summed E-state index contributed by atoms with van der Waals surface area (Å²) in [6, 6.07) is 15.3. The molecule has 176 valence electrons. The van der Waals surface area contributed by atoms with Crippen LogP contribution >= 0.6 is 0 Å². The summed E-state index contributed by atoms with van der Waals surface area (Å²) in [5.41, 5.74) is 1.34. The maximum absolute atomic E-state index is 5.96. The molecule has 2 aromatic rings. The Balaban J connectivity index is 1.46.